The second-order valence-electron chi connectivity index (χ2n) is 14.0. The summed E-state index contributed by atoms with van der Waals surface area (Å²) < 4.78 is 16.8. The second kappa shape index (κ2) is 17.4. The maximum atomic E-state index is 12.9. The molecular weight excluding hydrogens is 616 g/mol. The number of esters is 1. The molecule has 12 heteroatoms. The fraction of sp³-hybridized carbons (Fsp3) is 0.514. The van der Waals surface area contributed by atoms with Crippen molar-refractivity contribution in [3.05, 3.63) is 66.1 Å². The van der Waals surface area contributed by atoms with E-state index in [1.54, 1.807) is 12.4 Å². The van der Waals surface area contributed by atoms with Crippen molar-refractivity contribution >= 4 is 37.2 Å². The molecule has 2 aromatic heterocycles. The van der Waals surface area contributed by atoms with Gasteiger partial charge in [-0.15, -0.1) is 0 Å². The van der Waals surface area contributed by atoms with E-state index in [4.69, 9.17) is 19.2 Å². The van der Waals surface area contributed by atoms with Crippen LogP contribution in [-0.2, 0) is 32.0 Å². The highest BCUT2D eigenvalue weighted by Crippen LogP contribution is 2.21. The van der Waals surface area contributed by atoms with E-state index in [1.807, 2.05) is 105 Å². The van der Waals surface area contributed by atoms with Crippen molar-refractivity contribution in [2.75, 3.05) is 18.5 Å². The number of carbonyl (C=O) groups is 2. The lowest BCUT2D eigenvalue weighted by Crippen LogP contribution is -2.45. The molecule has 3 rings (SSSR count). The number of anilines is 2. The minimum atomic E-state index is -0.624. The van der Waals surface area contributed by atoms with Crippen molar-refractivity contribution in [3.63, 3.8) is 0 Å². The van der Waals surface area contributed by atoms with Gasteiger partial charge >= 0.3 is 12.1 Å². The summed E-state index contributed by atoms with van der Waals surface area (Å²) in [5.74, 6) is 0.0979. The normalized spacial score (nSPS) is 12.4. The molecule has 0 aliphatic carbocycles. The second-order valence-corrected chi connectivity index (χ2v) is 14.0. The van der Waals surface area contributed by atoms with E-state index >= 15 is 0 Å². The van der Waals surface area contributed by atoms with Crippen molar-refractivity contribution in [3.8, 4) is 11.3 Å². The van der Waals surface area contributed by atoms with Gasteiger partial charge in [0.05, 0.1) is 17.9 Å². The number of nitrogens with zero attached hydrogens (tertiary/aromatic N) is 3. The molecule has 1 amide bonds. The smallest absolute Gasteiger partial charge is 0.407 e. The van der Waals surface area contributed by atoms with Gasteiger partial charge in [-0.05, 0) is 111 Å². The molecule has 2 heterocycles. The van der Waals surface area contributed by atoms with Gasteiger partial charge in [0.25, 0.3) is 0 Å². The molecule has 11 nitrogen and oxygen atoms in total. The van der Waals surface area contributed by atoms with Gasteiger partial charge in [0, 0.05) is 42.4 Å². The van der Waals surface area contributed by atoms with E-state index in [0.717, 1.165) is 34.6 Å². The highest BCUT2D eigenvalue weighted by Gasteiger charge is 2.27. The Balaban J connectivity index is 0.00000768. The Bertz CT molecular complexity index is 1450. The van der Waals surface area contributed by atoms with E-state index in [2.05, 4.69) is 25.9 Å². The third-order valence-corrected chi connectivity index (χ3v) is 6.16. The van der Waals surface area contributed by atoms with Crippen LogP contribution in [-0.4, -0.2) is 63.0 Å². The summed E-state index contributed by atoms with van der Waals surface area (Å²) in [4.78, 5) is 38.4. The highest BCUT2D eigenvalue weighted by atomic mass is 32.1. The molecule has 1 aromatic carbocycles. The van der Waals surface area contributed by atoms with Crippen molar-refractivity contribution in [1.82, 2.24) is 25.6 Å². The summed E-state index contributed by atoms with van der Waals surface area (Å²) in [6, 6.07) is 13.0. The van der Waals surface area contributed by atoms with Crippen molar-refractivity contribution in [1.29, 1.82) is 0 Å². The maximum absolute atomic E-state index is 12.9. The van der Waals surface area contributed by atoms with E-state index in [0.29, 0.717) is 25.5 Å². The molecule has 258 valence electrons. The number of aryl methyl sites for hydroxylation is 1. The lowest BCUT2D eigenvalue weighted by atomic mass is 10.1. The fourth-order valence-electron chi connectivity index (χ4n) is 4.17. The number of hydrogen-bond acceptors (Lipinski definition) is 10. The zero-order chi connectivity index (χ0) is 34.0. The Morgan fingerprint density at radius 2 is 1.55 bits per heavy atom. The van der Waals surface area contributed by atoms with Crippen LogP contribution in [0, 0.1) is 0 Å². The molecule has 47 heavy (non-hydrogen) atoms. The summed E-state index contributed by atoms with van der Waals surface area (Å²) >= 11 is 0. The van der Waals surface area contributed by atoms with Crippen molar-refractivity contribution in [2.45, 2.75) is 105 Å². The minimum Gasteiger partial charge on any atom is -0.459 e. The van der Waals surface area contributed by atoms with Crippen LogP contribution in [0.1, 0.15) is 80.0 Å². The third-order valence-electron chi connectivity index (χ3n) is 6.16. The first kappa shape index (κ1) is 39.4. The number of alkyl carbamates (subject to hydrolysis) is 1. The van der Waals surface area contributed by atoms with Crippen LogP contribution in [0.15, 0.2) is 54.9 Å². The van der Waals surface area contributed by atoms with Crippen LogP contribution in [0.4, 0.5) is 16.4 Å². The average molecular weight is 669 g/mol. The van der Waals surface area contributed by atoms with Crippen LogP contribution in [0.5, 0.6) is 0 Å². The van der Waals surface area contributed by atoms with Crippen LogP contribution in [0.3, 0.4) is 0 Å². The number of benzene rings is 1. The SMILES string of the molecule is CC(C)(C)OCC(NCc1cccc(Nc2nccc(-c3ccnc(CCCNC(=O)OC(C)(C)C)c3)n2)c1)C(=O)OC(C)(C)C.S. The zero-order valence-corrected chi connectivity index (χ0v) is 30.2. The van der Waals surface area contributed by atoms with E-state index in [1.165, 1.54) is 0 Å². The topological polar surface area (TPSA) is 137 Å². The molecule has 3 N–H and O–H groups in total. The standard InChI is InChI=1S/C35H50N6O5.H2S/c1-33(2,3)44-23-29(30(42)45-34(4,5)6)39-22-24-12-10-13-27(20-24)40-31-37-19-16-28(41-31)25-15-18-36-26(21-25)14-11-17-38-32(43)46-35(7,8)9;/h10,12-13,15-16,18-21,29,39H,11,14,17,22-23H2,1-9H3,(H,38,43)(H,37,40,41);1H2. The molecule has 0 radical (unpaired) electrons. The number of nitrogens with one attached hydrogen (secondary N) is 3. The molecule has 0 aliphatic rings. The summed E-state index contributed by atoms with van der Waals surface area (Å²) in [6.07, 6.45) is 4.46. The highest BCUT2D eigenvalue weighted by molar-refractivity contribution is 7.59. The first-order valence-corrected chi connectivity index (χ1v) is 15.7. The Morgan fingerprint density at radius 1 is 0.851 bits per heavy atom. The number of rotatable bonds is 13. The number of amides is 1. The molecule has 1 unspecified atom stereocenters. The largest absolute Gasteiger partial charge is 0.459 e. The predicted molar refractivity (Wildman–Crippen MR) is 190 cm³/mol. The van der Waals surface area contributed by atoms with E-state index in [9.17, 15) is 9.59 Å². The van der Waals surface area contributed by atoms with Crippen LogP contribution < -0.4 is 16.0 Å². The van der Waals surface area contributed by atoms with Crippen LogP contribution >= 0.6 is 13.5 Å². The van der Waals surface area contributed by atoms with Crippen LogP contribution in [0.25, 0.3) is 11.3 Å². The average Bonchev–Trinajstić information content (AvgIpc) is 2.93. The minimum absolute atomic E-state index is 0. The Labute approximate surface area is 286 Å². The van der Waals surface area contributed by atoms with Gasteiger partial charge in [0.2, 0.25) is 5.95 Å². The van der Waals surface area contributed by atoms with E-state index < -0.39 is 28.9 Å². The Morgan fingerprint density at radius 3 is 2.23 bits per heavy atom. The Hall–Kier alpha value is -3.74. The summed E-state index contributed by atoms with van der Waals surface area (Å²) in [7, 11) is 0. The lowest BCUT2D eigenvalue weighted by Gasteiger charge is -2.27. The first-order valence-electron chi connectivity index (χ1n) is 15.7. The molecule has 0 bridgehead atoms. The molecular formula is C35H52N6O5S. The van der Waals surface area contributed by atoms with Crippen molar-refractivity contribution < 1.29 is 23.8 Å². The molecule has 0 fully saturated rings. The Kier molecular flexibility index (Phi) is 14.6. The molecule has 0 saturated heterocycles. The lowest BCUT2D eigenvalue weighted by molar-refractivity contribution is -0.160. The van der Waals surface area contributed by atoms with Gasteiger partial charge in [0.15, 0.2) is 0 Å². The fourth-order valence-corrected chi connectivity index (χ4v) is 4.17. The molecule has 3 aromatic rings. The van der Waals surface area contributed by atoms with Gasteiger partial charge in [-0.2, -0.15) is 13.5 Å². The van der Waals surface area contributed by atoms with Gasteiger partial charge in [-0.3, -0.25) is 15.1 Å². The predicted octanol–water partition coefficient (Wildman–Crippen LogP) is 6.47. The van der Waals surface area contributed by atoms with E-state index in [-0.39, 0.29) is 26.1 Å². The molecule has 0 saturated carbocycles. The number of carbonyl (C=O) groups excluding carboxylic acids is 2. The molecule has 0 spiro atoms. The number of ether oxygens (including phenoxy) is 3. The quantitative estimate of drug-likeness (QED) is 0.137. The summed E-state index contributed by atoms with van der Waals surface area (Å²) in [5.41, 5.74) is 2.82. The monoisotopic (exact) mass is 668 g/mol. The third kappa shape index (κ3) is 15.6. The van der Waals surface area contributed by atoms with Gasteiger partial charge in [0.1, 0.15) is 17.2 Å². The zero-order valence-electron chi connectivity index (χ0n) is 29.2. The first-order chi connectivity index (χ1) is 21.5. The molecule has 0 aliphatic heterocycles. The van der Waals surface area contributed by atoms with Gasteiger partial charge in [-0.1, -0.05) is 12.1 Å². The van der Waals surface area contributed by atoms with Gasteiger partial charge in [-0.25, -0.2) is 14.8 Å². The number of aromatic nitrogens is 3. The van der Waals surface area contributed by atoms with Crippen LogP contribution in [0.2, 0.25) is 0 Å². The number of hydrogen-bond donors (Lipinski definition) is 3. The summed E-state index contributed by atoms with van der Waals surface area (Å²) in [5, 5.41) is 9.37. The van der Waals surface area contributed by atoms with Crippen molar-refractivity contribution in [2.24, 2.45) is 0 Å². The van der Waals surface area contributed by atoms with Gasteiger partial charge < -0.3 is 24.8 Å². The number of pyridine rings is 1. The molecule has 1 atom stereocenters. The maximum Gasteiger partial charge on any atom is 0.407 e. The summed E-state index contributed by atoms with van der Waals surface area (Å²) in [6.45, 7) is 18.0.